The largest absolute Gasteiger partial charge is 0.453 e. The lowest BCUT2D eigenvalue weighted by molar-refractivity contribution is -0.137. The first-order valence-corrected chi connectivity index (χ1v) is 9.19. The van der Waals surface area contributed by atoms with E-state index in [1.165, 1.54) is 14.0 Å². The number of carbonyl (C=O) groups excluding carboxylic acids is 3. The van der Waals surface area contributed by atoms with Crippen molar-refractivity contribution in [2.75, 3.05) is 13.7 Å². The van der Waals surface area contributed by atoms with Gasteiger partial charge < -0.3 is 9.47 Å². The number of Topliss-reactive ketones (excluding diaryl/α,β-unsaturated/α-hetero) is 1. The van der Waals surface area contributed by atoms with Crippen molar-refractivity contribution >= 4 is 17.8 Å². The van der Waals surface area contributed by atoms with Gasteiger partial charge in [0.15, 0.2) is 5.78 Å². The minimum Gasteiger partial charge on any atom is -0.453 e. The number of rotatable bonds is 5. The van der Waals surface area contributed by atoms with Crippen molar-refractivity contribution in [1.82, 2.24) is 4.90 Å². The van der Waals surface area contributed by atoms with Crippen LogP contribution in [0.5, 0.6) is 0 Å². The van der Waals surface area contributed by atoms with Gasteiger partial charge in [-0.1, -0.05) is 25.5 Å². The summed E-state index contributed by atoms with van der Waals surface area (Å²) < 4.78 is 10.2. The van der Waals surface area contributed by atoms with Crippen molar-refractivity contribution in [3.63, 3.8) is 0 Å². The summed E-state index contributed by atoms with van der Waals surface area (Å²) in [7, 11) is 1.34. The van der Waals surface area contributed by atoms with Crippen LogP contribution in [0.15, 0.2) is 23.0 Å². The van der Waals surface area contributed by atoms with E-state index >= 15 is 0 Å². The Hall–Kier alpha value is -2.11. The lowest BCUT2D eigenvalue weighted by Crippen LogP contribution is -2.45. The summed E-state index contributed by atoms with van der Waals surface area (Å²) in [5, 5.41) is 0. The van der Waals surface area contributed by atoms with Gasteiger partial charge in [0.25, 0.3) is 0 Å². The Balaban J connectivity index is 2.31. The third-order valence-corrected chi connectivity index (χ3v) is 5.37. The highest BCUT2D eigenvalue weighted by Crippen LogP contribution is 2.34. The van der Waals surface area contributed by atoms with E-state index in [1.54, 1.807) is 4.90 Å². The third kappa shape index (κ3) is 4.54. The van der Waals surface area contributed by atoms with Crippen LogP contribution in [0.3, 0.4) is 0 Å². The monoisotopic (exact) mass is 363 g/mol. The van der Waals surface area contributed by atoms with Crippen LogP contribution in [0.2, 0.25) is 0 Å². The van der Waals surface area contributed by atoms with E-state index in [0.717, 1.165) is 18.4 Å². The highest BCUT2D eigenvalue weighted by molar-refractivity contribution is 5.99. The second-order valence-corrected chi connectivity index (χ2v) is 7.46. The van der Waals surface area contributed by atoms with E-state index in [9.17, 15) is 14.4 Å². The number of hydrogen-bond acceptors (Lipinski definition) is 5. The topological polar surface area (TPSA) is 72.9 Å². The molecule has 0 heterocycles. The van der Waals surface area contributed by atoms with Gasteiger partial charge in [-0.05, 0) is 31.6 Å². The van der Waals surface area contributed by atoms with Crippen molar-refractivity contribution in [1.29, 1.82) is 0 Å². The molecule has 2 atom stereocenters. The molecule has 0 aromatic rings. The van der Waals surface area contributed by atoms with Crippen LogP contribution >= 0.6 is 0 Å². The molecule has 0 fully saturated rings. The fourth-order valence-corrected chi connectivity index (χ4v) is 3.70. The number of hydrogen-bond donors (Lipinski definition) is 0. The van der Waals surface area contributed by atoms with Gasteiger partial charge in [0.2, 0.25) is 0 Å². The van der Waals surface area contributed by atoms with E-state index < -0.39 is 12.1 Å². The standard InChI is InChI=1S/C20H29NO5/c1-12(2)15-7-6-13(3)17(10-15)21(20(24)25-5)11-16-18(23)8-9-19(16)26-14(4)22/h6,12,15,17H,7-11H2,1-5H3/t15-,17-/m1/s1. The van der Waals surface area contributed by atoms with E-state index in [1.807, 2.05) is 6.92 Å². The van der Waals surface area contributed by atoms with Crippen LogP contribution in [-0.4, -0.2) is 42.4 Å². The van der Waals surface area contributed by atoms with E-state index in [0.29, 0.717) is 36.0 Å². The summed E-state index contributed by atoms with van der Waals surface area (Å²) in [4.78, 5) is 37.7. The van der Waals surface area contributed by atoms with Crippen molar-refractivity contribution in [3.05, 3.63) is 23.0 Å². The van der Waals surface area contributed by atoms with Crippen LogP contribution in [0, 0.1) is 11.8 Å². The first-order valence-electron chi connectivity index (χ1n) is 9.19. The molecular formula is C20H29NO5. The predicted molar refractivity (Wildman–Crippen MR) is 97.3 cm³/mol. The second kappa shape index (κ2) is 8.52. The van der Waals surface area contributed by atoms with Crippen LogP contribution in [-0.2, 0) is 19.1 Å². The maximum atomic E-state index is 12.5. The lowest BCUT2D eigenvalue weighted by atomic mass is 9.79. The van der Waals surface area contributed by atoms with E-state index in [4.69, 9.17) is 9.47 Å². The Labute approximate surface area is 155 Å². The average molecular weight is 363 g/mol. The van der Waals surface area contributed by atoms with Gasteiger partial charge in [0.1, 0.15) is 5.76 Å². The molecule has 0 unspecified atom stereocenters. The number of amides is 1. The molecule has 0 radical (unpaired) electrons. The zero-order valence-corrected chi connectivity index (χ0v) is 16.3. The van der Waals surface area contributed by atoms with Crippen molar-refractivity contribution in [2.24, 2.45) is 11.8 Å². The normalized spacial score (nSPS) is 23.2. The van der Waals surface area contributed by atoms with Crippen LogP contribution in [0.4, 0.5) is 4.79 Å². The highest BCUT2D eigenvalue weighted by Gasteiger charge is 2.35. The molecule has 0 aliphatic heterocycles. The Morgan fingerprint density at radius 2 is 2.00 bits per heavy atom. The Bertz CT molecular complexity index is 647. The summed E-state index contributed by atoms with van der Waals surface area (Å²) in [6.45, 7) is 7.79. The minimum absolute atomic E-state index is 0.0759. The quantitative estimate of drug-likeness (QED) is 0.551. The molecule has 0 bridgehead atoms. The molecule has 2 aliphatic carbocycles. The molecule has 0 aromatic heterocycles. The van der Waals surface area contributed by atoms with Gasteiger partial charge in [0, 0.05) is 19.8 Å². The fraction of sp³-hybridized carbons (Fsp3) is 0.650. The molecule has 6 heteroatoms. The molecule has 0 aromatic carbocycles. The summed E-state index contributed by atoms with van der Waals surface area (Å²) in [6.07, 6.45) is 4.24. The molecular weight excluding hydrogens is 334 g/mol. The summed E-state index contributed by atoms with van der Waals surface area (Å²) >= 11 is 0. The van der Waals surface area contributed by atoms with Gasteiger partial charge in [0.05, 0.1) is 25.3 Å². The number of allylic oxidation sites excluding steroid dienone is 2. The SMILES string of the molecule is COC(=O)N(CC1=C(OC(C)=O)CCC1=O)[C@@H]1C[C@H](C(C)C)CC=C1C. The number of esters is 1. The van der Waals surface area contributed by atoms with E-state index in [2.05, 4.69) is 19.9 Å². The van der Waals surface area contributed by atoms with Gasteiger partial charge >= 0.3 is 12.1 Å². The number of carbonyl (C=O) groups is 3. The fourth-order valence-electron chi connectivity index (χ4n) is 3.70. The first-order chi connectivity index (χ1) is 12.2. The molecule has 2 rings (SSSR count). The zero-order valence-electron chi connectivity index (χ0n) is 16.3. The summed E-state index contributed by atoms with van der Waals surface area (Å²) in [5.41, 5.74) is 1.51. The van der Waals surface area contributed by atoms with Gasteiger partial charge in [-0.15, -0.1) is 0 Å². The van der Waals surface area contributed by atoms with Crippen LogP contribution in [0.1, 0.15) is 53.4 Å². The predicted octanol–water partition coefficient (Wildman–Crippen LogP) is 3.62. The number of ether oxygens (including phenoxy) is 2. The van der Waals surface area contributed by atoms with Crippen molar-refractivity contribution in [2.45, 2.75) is 59.4 Å². The Kier molecular flexibility index (Phi) is 6.62. The molecule has 0 spiro atoms. The second-order valence-electron chi connectivity index (χ2n) is 7.46. The molecule has 2 aliphatic rings. The maximum Gasteiger partial charge on any atom is 0.410 e. The summed E-state index contributed by atoms with van der Waals surface area (Å²) in [5.74, 6) is 0.829. The average Bonchev–Trinajstić information content (AvgIpc) is 2.91. The van der Waals surface area contributed by atoms with E-state index in [-0.39, 0.29) is 18.4 Å². The summed E-state index contributed by atoms with van der Waals surface area (Å²) in [6, 6.07) is -0.122. The van der Waals surface area contributed by atoms with Crippen LogP contribution < -0.4 is 0 Å². The molecule has 1 amide bonds. The number of nitrogens with zero attached hydrogens (tertiary/aromatic N) is 1. The molecule has 0 N–H and O–H groups in total. The lowest BCUT2D eigenvalue weighted by Gasteiger charge is -2.38. The molecule has 144 valence electrons. The van der Waals surface area contributed by atoms with Crippen LogP contribution in [0.25, 0.3) is 0 Å². The molecule has 0 saturated heterocycles. The maximum absolute atomic E-state index is 12.5. The Morgan fingerprint density at radius 1 is 1.31 bits per heavy atom. The van der Waals surface area contributed by atoms with Gasteiger partial charge in [-0.2, -0.15) is 0 Å². The van der Waals surface area contributed by atoms with Crippen molar-refractivity contribution in [3.8, 4) is 0 Å². The number of methoxy groups -OCH3 is 1. The number of ketones is 1. The highest BCUT2D eigenvalue weighted by atomic mass is 16.5. The molecule has 26 heavy (non-hydrogen) atoms. The molecule has 0 saturated carbocycles. The van der Waals surface area contributed by atoms with Crippen molar-refractivity contribution < 1.29 is 23.9 Å². The smallest absolute Gasteiger partial charge is 0.410 e. The van der Waals surface area contributed by atoms with Gasteiger partial charge in [-0.25, -0.2) is 4.79 Å². The minimum atomic E-state index is -0.471. The first kappa shape index (κ1) is 20.2. The Morgan fingerprint density at radius 3 is 2.58 bits per heavy atom. The van der Waals surface area contributed by atoms with Gasteiger partial charge in [-0.3, -0.25) is 14.5 Å². The third-order valence-electron chi connectivity index (χ3n) is 5.37. The molecule has 6 nitrogen and oxygen atoms in total. The zero-order chi connectivity index (χ0) is 19.4.